The van der Waals surface area contributed by atoms with E-state index >= 15 is 0 Å². The van der Waals surface area contributed by atoms with E-state index in [1.165, 1.54) is 0 Å². The van der Waals surface area contributed by atoms with Crippen molar-refractivity contribution in [1.82, 2.24) is 0 Å². The lowest BCUT2D eigenvalue weighted by atomic mass is 9.98. The molecule has 0 aliphatic rings. The summed E-state index contributed by atoms with van der Waals surface area (Å²) in [4.78, 5) is 0. The molecule has 0 aliphatic heterocycles. The highest BCUT2D eigenvalue weighted by molar-refractivity contribution is 6.32. The summed E-state index contributed by atoms with van der Waals surface area (Å²) in [5.74, 6) is 0.638. The van der Waals surface area contributed by atoms with Crippen LogP contribution in [0.3, 0.4) is 0 Å². The molecule has 1 unspecified atom stereocenters. The highest BCUT2D eigenvalue weighted by Crippen LogP contribution is 2.30. The summed E-state index contributed by atoms with van der Waals surface area (Å²) < 4.78 is 5.13. The monoisotopic (exact) mass is 295 g/mol. The summed E-state index contributed by atoms with van der Waals surface area (Å²) in [6.45, 7) is 1.96. The Morgan fingerprint density at radius 3 is 2.11 bits per heavy atom. The number of aryl methyl sites for hydroxylation is 1. The van der Waals surface area contributed by atoms with Gasteiger partial charge in [-0.2, -0.15) is 0 Å². The Kier molecular flexibility index (Phi) is 4.35. The van der Waals surface area contributed by atoms with Crippen molar-refractivity contribution in [3.63, 3.8) is 0 Å². The number of ether oxygens (including phenoxy) is 1. The van der Waals surface area contributed by atoms with Gasteiger partial charge in [-0.15, -0.1) is 0 Å². The minimum atomic E-state index is -0.262. The zero-order valence-corrected chi connectivity index (χ0v) is 12.3. The minimum Gasteiger partial charge on any atom is -0.495 e. The fourth-order valence-corrected chi connectivity index (χ4v) is 2.33. The van der Waals surface area contributed by atoms with Crippen LogP contribution in [0.25, 0.3) is 0 Å². The number of hydrogen-bond donors (Lipinski definition) is 1. The molecule has 0 saturated heterocycles. The molecule has 0 saturated carbocycles. The third-order valence-corrected chi connectivity index (χ3v) is 3.79. The van der Waals surface area contributed by atoms with Crippen molar-refractivity contribution in [2.75, 3.05) is 7.11 Å². The van der Waals surface area contributed by atoms with Gasteiger partial charge in [0, 0.05) is 5.02 Å². The predicted octanol–water partition coefficient (Wildman–Crippen LogP) is 4.36. The van der Waals surface area contributed by atoms with Gasteiger partial charge in [0.2, 0.25) is 0 Å². The van der Waals surface area contributed by atoms with E-state index in [4.69, 9.17) is 33.7 Å². The predicted molar refractivity (Wildman–Crippen MR) is 80.2 cm³/mol. The van der Waals surface area contributed by atoms with E-state index in [1.54, 1.807) is 7.11 Å². The van der Waals surface area contributed by atoms with Gasteiger partial charge in [0.05, 0.1) is 18.2 Å². The Hall–Kier alpha value is -1.22. The summed E-state index contributed by atoms with van der Waals surface area (Å²) in [6, 6.07) is 11.1. The second kappa shape index (κ2) is 5.83. The first-order valence-corrected chi connectivity index (χ1v) is 6.63. The van der Waals surface area contributed by atoms with Crippen LogP contribution in [0.4, 0.5) is 0 Å². The Labute approximate surface area is 123 Å². The van der Waals surface area contributed by atoms with Gasteiger partial charge in [-0.25, -0.2) is 0 Å². The number of hydrogen-bond acceptors (Lipinski definition) is 2. The summed E-state index contributed by atoms with van der Waals surface area (Å²) in [7, 11) is 1.58. The summed E-state index contributed by atoms with van der Waals surface area (Å²) in [5.41, 5.74) is 9.15. The summed E-state index contributed by atoms with van der Waals surface area (Å²) >= 11 is 12.2. The summed E-state index contributed by atoms with van der Waals surface area (Å²) in [5, 5.41) is 1.27. The highest BCUT2D eigenvalue weighted by Gasteiger charge is 2.12. The van der Waals surface area contributed by atoms with Gasteiger partial charge in [0.25, 0.3) is 0 Å². The lowest BCUT2D eigenvalue weighted by Gasteiger charge is -2.15. The van der Waals surface area contributed by atoms with Crippen LogP contribution >= 0.6 is 23.2 Å². The first-order chi connectivity index (χ1) is 9.02. The van der Waals surface area contributed by atoms with Gasteiger partial charge in [-0.3, -0.25) is 0 Å². The maximum absolute atomic E-state index is 6.24. The number of nitrogens with two attached hydrogens (primary N) is 1. The number of rotatable bonds is 3. The lowest BCUT2D eigenvalue weighted by molar-refractivity contribution is 0.415. The van der Waals surface area contributed by atoms with Crippen molar-refractivity contribution in [1.29, 1.82) is 0 Å². The second-order valence-corrected chi connectivity index (χ2v) is 5.19. The van der Waals surface area contributed by atoms with Crippen molar-refractivity contribution >= 4 is 23.2 Å². The molecule has 4 heteroatoms. The van der Waals surface area contributed by atoms with Gasteiger partial charge >= 0.3 is 0 Å². The quantitative estimate of drug-likeness (QED) is 0.913. The molecule has 0 heterocycles. The second-order valence-electron chi connectivity index (χ2n) is 4.38. The van der Waals surface area contributed by atoms with Crippen molar-refractivity contribution in [2.45, 2.75) is 13.0 Å². The SMILES string of the molecule is COc1ccc(C(N)c2ccc(C)c(Cl)c2)cc1Cl. The molecule has 1 atom stereocenters. The van der Waals surface area contributed by atoms with Gasteiger partial charge < -0.3 is 10.5 Å². The molecule has 0 aromatic heterocycles. The average molecular weight is 296 g/mol. The normalized spacial score (nSPS) is 12.3. The molecule has 2 nitrogen and oxygen atoms in total. The van der Waals surface area contributed by atoms with Crippen LogP contribution < -0.4 is 10.5 Å². The van der Waals surface area contributed by atoms with E-state index in [-0.39, 0.29) is 6.04 Å². The van der Waals surface area contributed by atoms with E-state index in [2.05, 4.69) is 0 Å². The molecular formula is C15H15Cl2NO. The molecule has 0 amide bonds. The zero-order chi connectivity index (χ0) is 14.0. The molecule has 19 heavy (non-hydrogen) atoms. The molecule has 0 radical (unpaired) electrons. The summed E-state index contributed by atoms with van der Waals surface area (Å²) in [6.07, 6.45) is 0. The molecule has 0 fully saturated rings. The third-order valence-electron chi connectivity index (χ3n) is 3.09. The van der Waals surface area contributed by atoms with Crippen molar-refractivity contribution in [2.24, 2.45) is 5.73 Å². The minimum absolute atomic E-state index is 0.262. The molecule has 2 aromatic carbocycles. The maximum atomic E-state index is 6.24. The van der Waals surface area contributed by atoms with E-state index in [9.17, 15) is 0 Å². The molecule has 2 aromatic rings. The zero-order valence-electron chi connectivity index (χ0n) is 10.8. The highest BCUT2D eigenvalue weighted by atomic mass is 35.5. The maximum Gasteiger partial charge on any atom is 0.137 e. The van der Waals surface area contributed by atoms with Crippen LogP contribution in [0.15, 0.2) is 36.4 Å². The first kappa shape index (κ1) is 14.2. The molecule has 0 spiro atoms. The molecule has 2 rings (SSSR count). The van der Waals surface area contributed by atoms with E-state index in [0.717, 1.165) is 16.7 Å². The Balaban J connectivity index is 2.35. The topological polar surface area (TPSA) is 35.2 Å². The Morgan fingerprint density at radius 1 is 1.00 bits per heavy atom. The number of methoxy groups -OCH3 is 1. The fourth-order valence-electron chi connectivity index (χ4n) is 1.87. The Bertz CT molecular complexity index is 599. The van der Waals surface area contributed by atoms with Crippen molar-refractivity contribution < 1.29 is 4.74 Å². The van der Waals surface area contributed by atoms with Crippen LogP contribution in [0.1, 0.15) is 22.7 Å². The molecule has 0 aliphatic carbocycles. The van der Waals surface area contributed by atoms with Crippen LogP contribution in [-0.4, -0.2) is 7.11 Å². The Morgan fingerprint density at radius 2 is 1.58 bits per heavy atom. The molecule has 100 valence electrons. The number of benzene rings is 2. The van der Waals surface area contributed by atoms with Crippen LogP contribution in [-0.2, 0) is 0 Å². The largest absolute Gasteiger partial charge is 0.495 e. The van der Waals surface area contributed by atoms with Crippen molar-refractivity contribution in [3.05, 3.63) is 63.1 Å². The average Bonchev–Trinajstić information content (AvgIpc) is 2.41. The molecular weight excluding hydrogens is 281 g/mol. The van der Waals surface area contributed by atoms with Crippen molar-refractivity contribution in [3.8, 4) is 5.75 Å². The third kappa shape index (κ3) is 3.03. The fraction of sp³-hybridized carbons (Fsp3) is 0.200. The van der Waals surface area contributed by atoms with Gasteiger partial charge in [0.1, 0.15) is 5.75 Å². The number of halogens is 2. The van der Waals surface area contributed by atoms with Gasteiger partial charge in [-0.1, -0.05) is 41.4 Å². The molecule has 2 N–H and O–H groups in total. The lowest BCUT2D eigenvalue weighted by Crippen LogP contribution is -2.12. The van der Waals surface area contributed by atoms with Gasteiger partial charge in [-0.05, 0) is 41.8 Å². The van der Waals surface area contributed by atoms with Gasteiger partial charge in [0.15, 0.2) is 0 Å². The first-order valence-electron chi connectivity index (χ1n) is 5.88. The standard InChI is InChI=1S/C15H15Cl2NO/c1-9-3-4-10(7-12(9)16)15(18)11-5-6-14(19-2)13(17)8-11/h3-8,15H,18H2,1-2H3. The van der Waals surface area contributed by atoms with E-state index < -0.39 is 0 Å². The van der Waals surface area contributed by atoms with Crippen LogP contribution in [0.2, 0.25) is 10.0 Å². The van der Waals surface area contributed by atoms with Crippen LogP contribution in [0, 0.1) is 6.92 Å². The van der Waals surface area contributed by atoms with E-state index in [0.29, 0.717) is 15.8 Å². The van der Waals surface area contributed by atoms with E-state index in [1.807, 2.05) is 43.3 Å². The molecule has 0 bridgehead atoms. The smallest absolute Gasteiger partial charge is 0.137 e. The van der Waals surface area contributed by atoms with Crippen LogP contribution in [0.5, 0.6) is 5.75 Å².